The highest BCUT2D eigenvalue weighted by Gasteiger charge is 2.24. The quantitative estimate of drug-likeness (QED) is 0.777. The van der Waals surface area contributed by atoms with Gasteiger partial charge in [0.1, 0.15) is 12.4 Å². The molecule has 7 heteroatoms. The number of nitrogens with zero attached hydrogens (tertiary/aromatic N) is 3. The molecular formula is C17H15N5O2. The number of para-hydroxylation sites is 1. The van der Waals surface area contributed by atoms with Crippen LogP contribution in [0.4, 0.5) is 10.5 Å². The van der Waals surface area contributed by atoms with E-state index in [1.165, 1.54) is 0 Å². The zero-order chi connectivity index (χ0) is 16.4. The number of carbonyl (C=O) groups is 1. The Balaban J connectivity index is 1.40. The average Bonchev–Trinajstić information content (AvgIpc) is 3.26. The van der Waals surface area contributed by atoms with Crippen molar-refractivity contribution in [3.8, 4) is 11.6 Å². The molecule has 0 radical (unpaired) electrons. The molecule has 24 heavy (non-hydrogen) atoms. The minimum atomic E-state index is -0.297. The third kappa shape index (κ3) is 2.79. The third-order valence-corrected chi connectivity index (χ3v) is 3.75. The summed E-state index contributed by atoms with van der Waals surface area (Å²) in [5.74, 6) is 1.50. The number of anilines is 1. The Morgan fingerprint density at radius 1 is 1.21 bits per heavy atom. The van der Waals surface area contributed by atoms with Gasteiger partial charge in [-0.25, -0.2) is 14.5 Å². The van der Waals surface area contributed by atoms with Gasteiger partial charge in [0.05, 0.1) is 17.9 Å². The zero-order valence-electron chi connectivity index (χ0n) is 12.7. The normalized spacial score (nSPS) is 15.4. The lowest BCUT2D eigenvalue weighted by molar-refractivity contribution is 0.243. The highest BCUT2D eigenvalue weighted by Crippen LogP contribution is 2.31. The molecule has 0 spiro atoms. The summed E-state index contributed by atoms with van der Waals surface area (Å²) in [5.41, 5.74) is 1.59. The topological polar surface area (TPSA) is 81.1 Å². The molecule has 1 aliphatic heterocycles. The number of fused-ring (bicyclic) bond motifs is 1. The number of pyridine rings is 1. The van der Waals surface area contributed by atoms with Crippen LogP contribution in [0.3, 0.4) is 0 Å². The molecule has 2 aromatic heterocycles. The van der Waals surface area contributed by atoms with Crippen LogP contribution in [0.25, 0.3) is 5.82 Å². The maximum absolute atomic E-state index is 12.2. The highest BCUT2D eigenvalue weighted by molar-refractivity contribution is 5.89. The second-order valence-electron chi connectivity index (χ2n) is 5.36. The van der Waals surface area contributed by atoms with Crippen molar-refractivity contribution in [3.63, 3.8) is 0 Å². The molecule has 0 aliphatic carbocycles. The van der Waals surface area contributed by atoms with E-state index in [0.717, 1.165) is 11.3 Å². The molecule has 0 bridgehead atoms. The number of urea groups is 1. The highest BCUT2D eigenvalue weighted by atomic mass is 16.5. The summed E-state index contributed by atoms with van der Waals surface area (Å²) in [7, 11) is 0. The molecule has 4 rings (SSSR count). The van der Waals surface area contributed by atoms with Crippen molar-refractivity contribution in [1.29, 1.82) is 0 Å². The summed E-state index contributed by atoms with van der Waals surface area (Å²) in [6.45, 7) is 0.434. The van der Waals surface area contributed by atoms with Gasteiger partial charge < -0.3 is 15.4 Å². The van der Waals surface area contributed by atoms with Crippen molar-refractivity contribution in [3.05, 3.63) is 66.6 Å². The van der Waals surface area contributed by atoms with Crippen LogP contribution in [0.15, 0.2) is 61.1 Å². The van der Waals surface area contributed by atoms with Gasteiger partial charge in [0.2, 0.25) is 0 Å². The minimum absolute atomic E-state index is 0.155. The van der Waals surface area contributed by atoms with Crippen LogP contribution in [0, 0.1) is 0 Å². The molecule has 0 saturated heterocycles. The first-order valence-electron chi connectivity index (χ1n) is 7.55. The Bertz CT molecular complexity index is 846. The molecule has 0 saturated carbocycles. The molecule has 2 amide bonds. The lowest BCUT2D eigenvalue weighted by Gasteiger charge is -2.13. The van der Waals surface area contributed by atoms with Crippen LogP contribution >= 0.6 is 0 Å². The molecule has 2 N–H and O–H groups in total. The Kier molecular flexibility index (Phi) is 3.59. The Morgan fingerprint density at radius 3 is 2.92 bits per heavy atom. The standard InChI is InChI=1S/C17H15N5O2/c23-17(21-14-11-24-15-5-2-1-4-13(14)15)20-12-6-7-16(18-10-12)22-9-3-8-19-22/h1-10,14H,11H2,(H2,20,21,23). The van der Waals surface area contributed by atoms with E-state index >= 15 is 0 Å². The van der Waals surface area contributed by atoms with Crippen LogP contribution < -0.4 is 15.4 Å². The van der Waals surface area contributed by atoms with Crippen molar-refractivity contribution in [2.45, 2.75) is 6.04 Å². The Morgan fingerprint density at radius 2 is 2.12 bits per heavy atom. The van der Waals surface area contributed by atoms with Gasteiger partial charge in [-0.05, 0) is 24.3 Å². The number of nitrogens with one attached hydrogen (secondary N) is 2. The van der Waals surface area contributed by atoms with Crippen molar-refractivity contribution in [2.24, 2.45) is 0 Å². The molecular weight excluding hydrogens is 306 g/mol. The summed E-state index contributed by atoms with van der Waals surface area (Å²) in [6, 6.07) is 12.6. The number of aromatic nitrogens is 3. The number of ether oxygens (including phenoxy) is 1. The fraction of sp³-hybridized carbons (Fsp3) is 0.118. The number of rotatable bonds is 3. The number of carbonyl (C=O) groups excluding carboxylic acids is 1. The van der Waals surface area contributed by atoms with Crippen LogP contribution in [-0.2, 0) is 0 Å². The molecule has 1 atom stereocenters. The first kappa shape index (κ1) is 14.3. The maximum atomic E-state index is 12.2. The summed E-state index contributed by atoms with van der Waals surface area (Å²) in [5, 5.41) is 9.79. The smallest absolute Gasteiger partial charge is 0.319 e. The number of hydrogen-bond acceptors (Lipinski definition) is 4. The van der Waals surface area contributed by atoms with E-state index in [1.807, 2.05) is 30.3 Å². The first-order valence-corrected chi connectivity index (χ1v) is 7.55. The van der Waals surface area contributed by atoms with Crippen LogP contribution in [0.1, 0.15) is 11.6 Å². The Hall–Kier alpha value is -3.35. The van der Waals surface area contributed by atoms with Gasteiger partial charge >= 0.3 is 6.03 Å². The van der Waals surface area contributed by atoms with Crippen molar-refractivity contribution < 1.29 is 9.53 Å². The van der Waals surface area contributed by atoms with Gasteiger partial charge in [0, 0.05) is 18.0 Å². The number of amides is 2. The van der Waals surface area contributed by atoms with Crippen molar-refractivity contribution in [2.75, 3.05) is 11.9 Å². The van der Waals surface area contributed by atoms with Crippen LogP contribution in [0.2, 0.25) is 0 Å². The van der Waals surface area contributed by atoms with E-state index in [0.29, 0.717) is 18.1 Å². The fourth-order valence-corrected chi connectivity index (χ4v) is 2.61. The maximum Gasteiger partial charge on any atom is 0.319 e. The molecule has 120 valence electrons. The summed E-state index contributed by atoms with van der Waals surface area (Å²) < 4.78 is 7.20. The molecule has 1 aliphatic rings. The average molecular weight is 321 g/mol. The van der Waals surface area contributed by atoms with E-state index < -0.39 is 0 Å². The fourth-order valence-electron chi connectivity index (χ4n) is 2.61. The van der Waals surface area contributed by atoms with E-state index in [-0.39, 0.29) is 12.1 Å². The van der Waals surface area contributed by atoms with E-state index in [9.17, 15) is 4.79 Å². The molecule has 0 fully saturated rings. The summed E-state index contributed by atoms with van der Waals surface area (Å²) >= 11 is 0. The molecule has 3 aromatic rings. The predicted octanol–water partition coefficient (Wildman–Crippen LogP) is 2.52. The van der Waals surface area contributed by atoms with Crippen LogP contribution in [-0.4, -0.2) is 27.4 Å². The van der Waals surface area contributed by atoms with Crippen molar-refractivity contribution in [1.82, 2.24) is 20.1 Å². The van der Waals surface area contributed by atoms with Gasteiger partial charge in [-0.3, -0.25) is 0 Å². The second-order valence-corrected chi connectivity index (χ2v) is 5.36. The number of benzene rings is 1. The van der Waals surface area contributed by atoms with E-state index in [4.69, 9.17) is 4.74 Å². The predicted molar refractivity (Wildman–Crippen MR) is 88.2 cm³/mol. The first-order chi connectivity index (χ1) is 11.8. The summed E-state index contributed by atoms with van der Waals surface area (Å²) in [4.78, 5) is 16.4. The van der Waals surface area contributed by atoms with Gasteiger partial charge in [-0.15, -0.1) is 0 Å². The van der Waals surface area contributed by atoms with E-state index in [1.54, 1.807) is 35.4 Å². The van der Waals surface area contributed by atoms with Gasteiger partial charge in [0.15, 0.2) is 5.82 Å². The molecule has 1 aromatic carbocycles. The third-order valence-electron chi connectivity index (χ3n) is 3.75. The van der Waals surface area contributed by atoms with E-state index in [2.05, 4.69) is 20.7 Å². The number of hydrogen-bond donors (Lipinski definition) is 2. The lowest BCUT2D eigenvalue weighted by atomic mass is 10.1. The minimum Gasteiger partial charge on any atom is -0.491 e. The van der Waals surface area contributed by atoms with Gasteiger partial charge in [-0.2, -0.15) is 5.10 Å². The second kappa shape index (κ2) is 6.04. The molecule has 3 heterocycles. The van der Waals surface area contributed by atoms with Crippen LogP contribution in [0.5, 0.6) is 5.75 Å². The zero-order valence-corrected chi connectivity index (χ0v) is 12.7. The Labute approximate surface area is 138 Å². The molecule has 7 nitrogen and oxygen atoms in total. The van der Waals surface area contributed by atoms with Crippen molar-refractivity contribution >= 4 is 11.7 Å². The molecule has 1 unspecified atom stereocenters. The summed E-state index contributed by atoms with van der Waals surface area (Å²) in [6.07, 6.45) is 5.08. The van der Waals surface area contributed by atoms with Gasteiger partial charge in [-0.1, -0.05) is 18.2 Å². The van der Waals surface area contributed by atoms with Gasteiger partial charge in [0.25, 0.3) is 0 Å². The lowest BCUT2D eigenvalue weighted by Crippen LogP contribution is -2.33. The monoisotopic (exact) mass is 321 g/mol. The SMILES string of the molecule is O=C(Nc1ccc(-n2cccn2)nc1)NC1COc2ccccc21. The largest absolute Gasteiger partial charge is 0.491 e.